The van der Waals surface area contributed by atoms with Crippen LogP contribution in [0.4, 0.5) is 5.69 Å². The van der Waals surface area contributed by atoms with Crippen molar-refractivity contribution >= 4 is 11.6 Å². The van der Waals surface area contributed by atoms with E-state index in [1.807, 2.05) is 6.92 Å². The second kappa shape index (κ2) is 6.75. The number of rotatable bonds is 6. The summed E-state index contributed by atoms with van der Waals surface area (Å²) in [5.41, 5.74) is 6.19. The van der Waals surface area contributed by atoms with Crippen LogP contribution in [0.5, 0.6) is 5.75 Å². The van der Waals surface area contributed by atoms with Crippen molar-refractivity contribution in [2.75, 3.05) is 32.0 Å². The SMILES string of the molecule is CCN(CCO)C(=O)COc1ccccc1N. The van der Waals surface area contributed by atoms with Crippen LogP contribution in [0.15, 0.2) is 24.3 Å². The number of anilines is 1. The zero-order valence-corrected chi connectivity index (χ0v) is 9.93. The molecular formula is C12H18N2O3. The molecule has 0 heterocycles. The average Bonchev–Trinajstić information content (AvgIpc) is 2.34. The fourth-order valence-corrected chi connectivity index (χ4v) is 1.42. The Balaban J connectivity index is 2.50. The second-order valence-corrected chi connectivity index (χ2v) is 3.52. The van der Waals surface area contributed by atoms with Gasteiger partial charge in [-0.25, -0.2) is 0 Å². The van der Waals surface area contributed by atoms with Crippen molar-refractivity contribution in [3.8, 4) is 5.75 Å². The van der Waals surface area contributed by atoms with Crippen LogP contribution in [-0.2, 0) is 4.79 Å². The van der Waals surface area contributed by atoms with Gasteiger partial charge in [-0.05, 0) is 19.1 Å². The summed E-state index contributed by atoms with van der Waals surface area (Å²) < 4.78 is 5.33. The summed E-state index contributed by atoms with van der Waals surface area (Å²) in [5.74, 6) is 0.339. The number of para-hydroxylation sites is 2. The van der Waals surface area contributed by atoms with Gasteiger partial charge < -0.3 is 20.5 Å². The lowest BCUT2D eigenvalue weighted by molar-refractivity contribution is -0.133. The van der Waals surface area contributed by atoms with Gasteiger partial charge in [0.25, 0.3) is 5.91 Å². The summed E-state index contributed by atoms with van der Waals surface area (Å²) in [6.07, 6.45) is 0. The summed E-state index contributed by atoms with van der Waals surface area (Å²) in [6, 6.07) is 7.02. The lowest BCUT2D eigenvalue weighted by Crippen LogP contribution is -2.36. The molecule has 5 nitrogen and oxygen atoms in total. The number of ether oxygens (including phenoxy) is 1. The standard InChI is InChI=1S/C12H18N2O3/c1-2-14(7-8-15)12(16)9-17-11-6-4-3-5-10(11)13/h3-6,15H,2,7-9,13H2,1H3. The molecule has 0 atom stereocenters. The minimum atomic E-state index is -0.162. The number of hydrogen-bond acceptors (Lipinski definition) is 4. The Morgan fingerprint density at radius 3 is 2.76 bits per heavy atom. The van der Waals surface area contributed by atoms with Crippen LogP contribution in [0.2, 0.25) is 0 Å². The van der Waals surface area contributed by atoms with Gasteiger partial charge in [0.15, 0.2) is 6.61 Å². The molecule has 1 aromatic rings. The predicted octanol–water partition coefficient (Wildman–Crippen LogP) is 0.488. The van der Waals surface area contributed by atoms with E-state index in [-0.39, 0.29) is 19.1 Å². The fourth-order valence-electron chi connectivity index (χ4n) is 1.42. The quantitative estimate of drug-likeness (QED) is 0.707. The highest BCUT2D eigenvalue weighted by Crippen LogP contribution is 2.19. The molecule has 0 bridgehead atoms. The highest BCUT2D eigenvalue weighted by atomic mass is 16.5. The third-order valence-electron chi connectivity index (χ3n) is 2.37. The third kappa shape index (κ3) is 3.96. The van der Waals surface area contributed by atoms with Crippen molar-refractivity contribution in [1.82, 2.24) is 4.90 Å². The van der Waals surface area contributed by atoms with Gasteiger partial charge in [0, 0.05) is 13.1 Å². The molecule has 1 aromatic carbocycles. The number of nitrogen functional groups attached to an aromatic ring is 1. The molecule has 0 saturated carbocycles. The molecule has 1 rings (SSSR count). The number of likely N-dealkylation sites (N-methyl/N-ethyl adjacent to an activating group) is 1. The molecular weight excluding hydrogens is 220 g/mol. The third-order valence-corrected chi connectivity index (χ3v) is 2.37. The zero-order chi connectivity index (χ0) is 12.7. The molecule has 0 saturated heterocycles. The number of amides is 1. The number of hydrogen-bond donors (Lipinski definition) is 2. The topological polar surface area (TPSA) is 75.8 Å². The van der Waals surface area contributed by atoms with Crippen LogP contribution >= 0.6 is 0 Å². The molecule has 0 aliphatic carbocycles. The average molecular weight is 238 g/mol. The molecule has 0 unspecified atom stereocenters. The molecule has 94 valence electrons. The molecule has 17 heavy (non-hydrogen) atoms. The first-order valence-corrected chi connectivity index (χ1v) is 5.55. The van der Waals surface area contributed by atoms with Crippen LogP contribution in [0.3, 0.4) is 0 Å². The van der Waals surface area contributed by atoms with Crippen LogP contribution in [0.1, 0.15) is 6.92 Å². The minimum Gasteiger partial charge on any atom is -0.482 e. The Hall–Kier alpha value is -1.75. The first kappa shape index (κ1) is 13.3. The van der Waals surface area contributed by atoms with E-state index in [0.29, 0.717) is 24.5 Å². The highest BCUT2D eigenvalue weighted by molar-refractivity contribution is 5.78. The summed E-state index contributed by atoms with van der Waals surface area (Å²) in [7, 11) is 0. The highest BCUT2D eigenvalue weighted by Gasteiger charge is 2.12. The van der Waals surface area contributed by atoms with Gasteiger partial charge in [0.1, 0.15) is 5.75 Å². The van der Waals surface area contributed by atoms with E-state index < -0.39 is 0 Å². The smallest absolute Gasteiger partial charge is 0.260 e. The Kier molecular flexibility index (Phi) is 5.29. The molecule has 1 amide bonds. The van der Waals surface area contributed by atoms with Gasteiger partial charge in [-0.1, -0.05) is 12.1 Å². The molecule has 5 heteroatoms. The van der Waals surface area contributed by atoms with E-state index >= 15 is 0 Å². The fraction of sp³-hybridized carbons (Fsp3) is 0.417. The second-order valence-electron chi connectivity index (χ2n) is 3.52. The zero-order valence-electron chi connectivity index (χ0n) is 9.93. The molecule has 3 N–H and O–H groups in total. The number of aliphatic hydroxyl groups excluding tert-OH is 1. The first-order valence-electron chi connectivity index (χ1n) is 5.55. The van der Waals surface area contributed by atoms with E-state index in [1.165, 1.54) is 4.90 Å². The Bertz CT molecular complexity index is 369. The van der Waals surface area contributed by atoms with Crippen molar-refractivity contribution in [1.29, 1.82) is 0 Å². The van der Waals surface area contributed by atoms with E-state index in [2.05, 4.69) is 0 Å². The van der Waals surface area contributed by atoms with Crippen molar-refractivity contribution in [3.05, 3.63) is 24.3 Å². The monoisotopic (exact) mass is 238 g/mol. The predicted molar refractivity (Wildman–Crippen MR) is 65.7 cm³/mol. The lowest BCUT2D eigenvalue weighted by Gasteiger charge is -2.19. The maximum absolute atomic E-state index is 11.7. The number of aliphatic hydroxyl groups is 1. The number of nitrogens with zero attached hydrogens (tertiary/aromatic N) is 1. The van der Waals surface area contributed by atoms with Crippen LogP contribution in [0, 0.1) is 0 Å². The summed E-state index contributed by atoms with van der Waals surface area (Å²) in [6.45, 7) is 2.61. The normalized spacial score (nSPS) is 10.0. The van der Waals surface area contributed by atoms with Crippen LogP contribution in [0.25, 0.3) is 0 Å². The molecule has 0 aliphatic rings. The molecule has 0 radical (unpaired) electrons. The number of nitrogens with two attached hydrogens (primary N) is 1. The maximum Gasteiger partial charge on any atom is 0.260 e. The van der Waals surface area contributed by atoms with Crippen molar-refractivity contribution < 1.29 is 14.6 Å². The molecule has 0 fully saturated rings. The summed E-state index contributed by atoms with van der Waals surface area (Å²) in [4.78, 5) is 13.2. The van der Waals surface area contributed by atoms with Gasteiger partial charge in [0.2, 0.25) is 0 Å². The Morgan fingerprint density at radius 1 is 1.47 bits per heavy atom. The Labute approximate surface area is 101 Å². The van der Waals surface area contributed by atoms with Crippen molar-refractivity contribution in [2.24, 2.45) is 0 Å². The van der Waals surface area contributed by atoms with Crippen LogP contribution in [-0.4, -0.2) is 42.2 Å². The maximum atomic E-state index is 11.7. The van der Waals surface area contributed by atoms with E-state index in [9.17, 15) is 4.79 Å². The number of carbonyl (C=O) groups is 1. The van der Waals surface area contributed by atoms with E-state index in [1.54, 1.807) is 24.3 Å². The van der Waals surface area contributed by atoms with Gasteiger partial charge in [-0.2, -0.15) is 0 Å². The molecule has 0 aromatic heterocycles. The summed E-state index contributed by atoms with van der Waals surface area (Å²) >= 11 is 0. The van der Waals surface area contributed by atoms with E-state index in [4.69, 9.17) is 15.6 Å². The van der Waals surface area contributed by atoms with Crippen molar-refractivity contribution in [2.45, 2.75) is 6.92 Å². The van der Waals surface area contributed by atoms with Gasteiger partial charge in [0.05, 0.1) is 12.3 Å². The lowest BCUT2D eigenvalue weighted by atomic mass is 10.3. The van der Waals surface area contributed by atoms with E-state index in [0.717, 1.165) is 0 Å². The number of benzene rings is 1. The summed E-state index contributed by atoms with van der Waals surface area (Å²) in [5, 5.41) is 8.79. The van der Waals surface area contributed by atoms with Crippen LogP contribution < -0.4 is 10.5 Å². The number of carbonyl (C=O) groups excluding carboxylic acids is 1. The molecule has 0 spiro atoms. The minimum absolute atomic E-state index is 0.0486. The molecule has 0 aliphatic heterocycles. The van der Waals surface area contributed by atoms with Crippen molar-refractivity contribution in [3.63, 3.8) is 0 Å². The van der Waals surface area contributed by atoms with Gasteiger partial charge in [-0.3, -0.25) is 4.79 Å². The largest absolute Gasteiger partial charge is 0.482 e. The van der Waals surface area contributed by atoms with Gasteiger partial charge in [-0.15, -0.1) is 0 Å². The van der Waals surface area contributed by atoms with Gasteiger partial charge >= 0.3 is 0 Å². The first-order chi connectivity index (χ1) is 8.19. The Morgan fingerprint density at radius 2 is 2.18 bits per heavy atom.